The van der Waals surface area contributed by atoms with Crippen LogP contribution in [-0.4, -0.2) is 29.4 Å². The summed E-state index contributed by atoms with van der Waals surface area (Å²) in [5.41, 5.74) is 1.86. The highest BCUT2D eigenvalue weighted by Gasteiger charge is 2.43. The Bertz CT molecular complexity index is 664. The molecule has 6 heteroatoms. The molecule has 0 saturated heterocycles. The predicted molar refractivity (Wildman–Crippen MR) is 82.8 cm³/mol. The molecule has 0 aliphatic carbocycles. The molecule has 0 radical (unpaired) electrons. The number of carbonyl (C=O) groups excluding carboxylic acids is 2. The third kappa shape index (κ3) is 2.98. The molecule has 0 amide bonds. The Morgan fingerprint density at radius 3 is 2.48 bits per heavy atom. The van der Waals surface area contributed by atoms with Crippen molar-refractivity contribution < 1.29 is 28.9 Å². The van der Waals surface area contributed by atoms with Gasteiger partial charge >= 0.3 is 12.1 Å². The molecule has 1 unspecified atom stereocenters. The van der Waals surface area contributed by atoms with Gasteiger partial charge in [0.25, 0.3) is 0 Å². The van der Waals surface area contributed by atoms with Crippen LogP contribution in [-0.2, 0) is 20.7 Å². The van der Waals surface area contributed by atoms with Crippen molar-refractivity contribution in [3.8, 4) is 11.5 Å². The van der Waals surface area contributed by atoms with E-state index in [2.05, 4.69) is 4.74 Å². The molecule has 0 bridgehead atoms. The minimum absolute atomic E-state index is 0.128. The second-order valence-corrected chi connectivity index (χ2v) is 5.94. The van der Waals surface area contributed by atoms with Crippen LogP contribution in [0.15, 0.2) is 0 Å². The molecule has 6 nitrogen and oxygen atoms in total. The van der Waals surface area contributed by atoms with Gasteiger partial charge in [-0.1, -0.05) is 0 Å². The Kier molecular flexibility index (Phi) is 4.54. The van der Waals surface area contributed by atoms with Crippen molar-refractivity contribution in [1.82, 2.24) is 0 Å². The zero-order chi connectivity index (χ0) is 17.4. The summed E-state index contributed by atoms with van der Waals surface area (Å²) in [6.07, 6.45) is -0.131. The zero-order valence-electron chi connectivity index (χ0n) is 14.1. The number of esters is 1. The van der Waals surface area contributed by atoms with Crippen molar-refractivity contribution in [1.29, 1.82) is 0 Å². The Morgan fingerprint density at radius 1 is 1.22 bits per heavy atom. The van der Waals surface area contributed by atoms with Gasteiger partial charge in [0.15, 0.2) is 0 Å². The molecule has 1 aliphatic heterocycles. The molecular formula is C17H22O6. The highest BCUT2D eigenvalue weighted by Crippen LogP contribution is 2.43. The number of hydrogen-bond donors (Lipinski definition) is 1. The summed E-state index contributed by atoms with van der Waals surface area (Å²) < 4.78 is 15.2. The summed E-state index contributed by atoms with van der Waals surface area (Å²) >= 11 is 0. The maximum absolute atomic E-state index is 12.3. The van der Waals surface area contributed by atoms with E-state index in [0.717, 1.165) is 16.7 Å². The Hall–Kier alpha value is -2.24. The van der Waals surface area contributed by atoms with E-state index in [1.165, 1.54) is 0 Å². The third-order valence-electron chi connectivity index (χ3n) is 4.39. The minimum atomic E-state index is -1.26. The summed E-state index contributed by atoms with van der Waals surface area (Å²) in [4.78, 5) is 23.6. The molecule has 0 spiro atoms. The number of rotatable bonds is 2. The minimum Gasteiger partial charge on any atom is -0.507 e. The summed E-state index contributed by atoms with van der Waals surface area (Å²) in [5, 5.41) is 10.2. The summed E-state index contributed by atoms with van der Waals surface area (Å²) in [7, 11) is 0. The van der Waals surface area contributed by atoms with Crippen LogP contribution in [0.25, 0.3) is 0 Å². The van der Waals surface area contributed by atoms with Crippen LogP contribution in [0.5, 0.6) is 11.5 Å². The van der Waals surface area contributed by atoms with Crippen LogP contribution in [0.3, 0.4) is 0 Å². The molecule has 126 valence electrons. The second-order valence-electron chi connectivity index (χ2n) is 5.94. The maximum Gasteiger partial charge on any atom is 0.516 e. The standard InChI is InChI=1S/C17H22O6/c1-6-21-16(20)22-15(19)17(5)8-7-12-11(4)13(18)9(2)10(3)14(12)23-17/h18H,6-8H2,1-5H3. The molecular weight excluding hydrogens is 300 g/mol. The summed E-state index contributed by atoms with van der Waals surface area (Å²) in [6, 6.07) is 0. The molecule has 1 atom stereocenters. The van der Waals surface area contributed by atoms with E-state index in [1.807, 2.05) is 13.8 Å². The number of aromatic hydroxyl groups is 1. The molecule has 1 aromatic rings. The van der Waals surface area contributed by atoms with E-state index in [9.17, 15) is 14.7 Å². The number of hydrogen-bond acceptors (Lipinski definition) is 6. The number of benzene rings is 1. The zero-order valence-corrected chi connectivity index (χ0v) is 14.1. The smallest absolute Gasteiger partial charge is 0.507 e. The molecule has 23 heavy (non-hydrogen) atoms. The van der Waals surface area contributed by atoms with Gasteiger partial charge in [-0.25, -0.2) is 9.59 Å². The number of fused-ring (bicyclic) bond motifs is 1. The van der Waals surface area contributed by atoms with Crippen molar-refractivity contribution in [2.24, 2.45) is 0 Å². The first kappa shape index (κ1) is 17.1. The molecule has 0 aromatic heterocycles. The lowest BCUT2D eigenvalue weighted by molar-refractivity contribution is -0.157. The molecule has 1 aromatic carbocycles. The van der Waals surface area contributed by atoms with Crippen molar-refractivity contribution >= 4 is 12.1 Å². The van der Waals surface area contributed by atoms with Gasteiger partial charge in [0.2, 0.25) is 5.60 Å². The number of phenolic OH excluding ortho intramolecular Hbond substituents is 1. The molecule has 1 aliphatic rings. The van der Waals surface area contributed by atoms with Crippen molar-refractivity contribution in [2.75, 3.05) is 6.61 Å². The largest absolute Gasteiger partial charge is 0.516 e. The van der Waals surface area contributed by atoms with Crippen molar-refractivity contribution in [3.05, 3.63) is 22.3 Å². The average molecular weight is 322 g/mol. The Labute approximate surface area is 135 Å². The number of ether oxygens (including phenoxy) is 3. The third-order valence-corrected chi connectivity index (χ3v) is 4.39. The number of phenols is 1. The summed E-state index contributed by atoms with van der Waals surface area (Å²) in [6.45, 7) is 8.80. The monoisotopic (exact) mass is 322 g/mol. The molecule has 1 N–H and O–H groups in total. The van der Waals surface area contributed by atoms with E-state index in [0.29, 0.717) is 24.2 Å². The van der Waals surface area contributed by atoms with Gasteiger partial charge in [-0.05, 0) is 57.7 Å². The van der Waals surface area contributed by atoms with Crippen molar-refractivity contribution in [2.45, 2.75) is 53.1 Å². The van der Waals surface area contributed by atoms with Crippen LogP contribution in [0, 0.1) is 20.8 Å². The van der Waals surface area contributed by atoms with Crippen LogP contribution in [0.2, 0.25) is 0 Å². The van der Waals surface area contributed by atoms with E-state index in [4.69, 9.17) is 9.47 Å². The quantitative estimate of drug-likeness (QED) is 0.665. The average Bonchev–Trinajstić information content (AvgIpc) is 2.51. The highest BCUT2D eigenvalue weighted by atomic mass is 16.7. The van der Waals surface area contributed by atoms with Crippen LogP contribution in [0.4, 0.5) is 4.79 Å². The van der Waals surface area contributed by atoms with E-state index < -0.39 is 17.7 Å². The van der Waals surface area contributed by atoms with Gasteiger partial charge in [0, 0.05) is 12.0 Å². The first-order valence-corrected chi connectivity index (χ1v) is 7.61. The SMILES string of the molecule is CCOC(=O)OC(=O)C1(C)CCc2c(C)c(O)c(C)c(C)c2O1. The van der Waals surface area contributed by atoms with Gasteiger partial charge in [-0.3, -0.25) is 0 Å². The molecule has 0 fully saturated rings. The first-order chi connectivity index (χ1) is 10.7. The fraction of sp³-hybridized carbons (Fsp3) is 0.529. The van der Waals surface area contributed by atoms with Gasteiger partial charge in [-0.15, -0.1) is 0 Å². The maximum atomic E-state index is 12.3. The van der Waals surface area contributed by atoms with E-state index >= 15 is 0 Å². The van der Waals surface area contributed by atoms with Crippen LogP contribution < -0.4 is 4.74 Å². The molecule has 1 heterocycles. The van der Waals surface area contributed by atoms with Gasteiger partial charge in [0.05, 0.1) is 6.61 Å². The Morgan fingerprint density at radius 2 is 1.87 bits per heavy atom. The van der Waals surface area contributed by atoms with E-state index in [1.54, 1.807) is 20.8 Å². The van der Waals surface area contributed by atoms with Crippen LogP contribution in [0.1, 0.15) is 42.5 Å². The fourth-order valence-electron chi connectivity index (χ4n) is 2.72. The lowest BCUT2D eigenvalue weighted by atomic mass is 9.87. The lowest BCUT2D eigenvalue weighted by Gasteiger charge is -2.35. The second kappa shape index (κ2) is 6.10. The normalized spacial score (nSPS) is 19.5. The number of carbonyl (C=O) groups is 2. The van der Waals surface area contributed by atoms with Gasteiger partial charge < -0.3 is 19.3 Å². The van der Waals surface area contributed by atoms with E-state index in [-0.39, 0.29) is 12.4 Å². The van der Waals surface area contributed by atoms with Crippen molar-refractivity contribution in [3.63, 3.8) is 0 Å². The molecule has 0 saturated carbocycles. The van der Waals surface area contributed by atoms with Gasteiger partial charge in [-0.2, -0.15) is 0 Å². The predicted octanol–water partition coefficient (Wildman–Crippen LogP) is 3.10. The Balaban J connectivity index is 2.32. The molecule has 2 rings (SSSR count). The van der Waals surface area contributed by atoms with Crippen LogP contribution >= 0.6 is 0 Å². The first-order valence-electron chi connectivity index (χ1n) is 7.61. The van der Waals surface area contributed by atoms with Gasteiger partial charge in [0.1, 0.15) is 11.5 Å². The highest BCUT2D eigenvalue weighted by molar-refractivity contribution is 5.88. The lowest BCUT2D eigenvalue weighted by Crippen LogP contribution is -2.46. The topological polar surface area (TPSA) is 82.1 Å². The fourth-order valence-corrected chi connectivity index (χ4v) is 2.72. The summed E-state index contributed by atoms with van der Waals surface area (Å²) in [5.74, 6) is 0.0549.